The third kappa shape index (κ3) is 6.65. The second-order valence-corrected chi connectivity index (χ2v) is 8.54. The lowest BCUT2D eigenvalue weighted by atomic mass is 10.1. The van der Waals surface area contributed by atoms with E-state index < -0.39 is 28.5 Å². The zero-order valence-electron chi connectivity index (χ0n) is 16.2. The van der Waals surface area contributed by atoms with Gasteiger partial charge >= 0.3 is 11.9 Å². The summed E-state index contributed by atoms with van der Waals surface area (Å²) in [5.74, 6) is -0.905. The molecule has 1 N–H and O–H groups in total. The van der Waals surface area contributed by atoms with Crippen LogP contribution in [0.4, 0.5) is 0 Å². The molecule has 0 saturated carbocycles. The van der Waals surface area contributed by atoms with Crippen molar-refractivity contribution in [2.75, 3.05) is 6.54 Å². The van der Waals surface area contributed by atoms with Crippen LogP contribution in [0.2, 0.25) is 5.02 Å². The molecule has 9 heteroatoms. The van der Waals surface area contributed by atoms with Crippen molar-refractivity contribution in [3.8, 4) is 5.75 Å². The summed E-state index contributed by atoms with van der Waals surface area (Å²) in [6, 6.07) is 20.4. The minimum Gasteiger partial charge on any atom is -0.460 e. The molecule has 0 aromatic heterocycles. The average Bonchev–Trinajstić information content (AvgIpc) is 2.79. The van der Waals surface area contributed by atoms with E-state index in [2.05, 4.69) is 4.72 Å². The average molecular weight is 460 g/mol. The molecule has 31 heavy (non-hydrogen) atoms. The number of ether oxygens (including phenoxy) is 2. The molecule has 7 nitrogen and oxygen atoms in total. The Balaban J connectivity index is 1.48. The minimum absolute atomic E-state index is 0.0591. The Bertz CT molecular complexity index is 1150. The van der Waals surface area contributed by atoms with Crippen LogP contribution in [0.15, 0.2) is 83.8 Å². The highest BCUT2D eigenvalue weighted by Crippen LogP contribution is 2.17. The standard InChI is InChI=1S/C22H18ClNO6S/c23-18-10-12-19(13-11-18)30-22(26)17-8-6-16(7-9-17)15-29-21(25)14-24-31(27,28)20-4-2-1-3-5-20/h1-13,24H,14-15H2. The van der Waals surface area contributed by atoms with Crippen LogP contribution in [0.1, 0.15) is 15.9 Å². The predicted octanol–water partition coefficient (Wildman–Crippen LogP) is 3.58. The molecule has 0 saturated heterocycles. The maximum Gasteiger partial charge on any atom is 0.343 e. The Morgan fingerprint density at radius 2 is 1.52 bits per heavy atom. The van der Waals surface area contributed by atoms with Gasteiger partial charge in [-0.25, -0.2) is 13.2 Å². The van der Waals surface area contributed by atoms with E-state index in [0.29, 0.717) is 21.9 Å². The van der Waals surface area contributed by atoms with Gasteiger partial charge in [-0.2, -0.15) is 4.72 Å². The van der Waals surface area contributed by atoms with Gasteiger partial charge in [-0.05, 0) is 54.1 Å². The van der Waals surface area contributed by atoms with Crippen molar-refractivity contribution < 1.29 is 27.5 Å². The summed E-state index contributed by atoms with van der Waals surface area (Å²) in [5.41, 5.74) is 0.947. The summed E-state index contributed by atoms with van der Waals surface area (Å²) in [7, 11) is -3.79. The Morgan fingerprint density at radius 1 is 0.871 bits per heavy atom. The van der Waals surface area contributed by atoms with Crippen molar-refractivity contribution in [1.82, 2.24) is 4.72 Å². The first kappa shape index (κ1) is 22.5. The molecule has 0 amide bonds. The lowest BCUT2D eigenvalue weighted by molar-refractivity contribution is -0.143. The molecule has 0 atom stereocenters. The molecule has 0 fully saturated rings. The van der Waals surface area contributed by atoms with Crippen LogP contribution >= 0.6 is 11.6 Å². The first-order chi connectivity index (χ1) is 14.8. The van der Waals surface area contributed by atoms with Crippen LogP contribution in [0, 0.1) is 0 Å². The molecule has 0 unspecified atom stereocenters. The number of nitrogens with one attached hydrogen (secondary N) is 1. The van der Waals surface area contributed by atoms with E-state index in [1.54, 1.807) is 66.7 Å². The quantitative estimate of drug-likeness (QED) is 0.408. The fraction of sp³-hybridized carbons (Fsp3) is 0.0909. The van der Waals surface area contributed by atoms with E-state index in [9.17, 15) is 18.0 Å². The van der Waals surface area contributed by atoms with Gasteiger partial charge in [0.05, 0.1) is 10.5 Å². The molecule has 0 aliphatic heterocycles. The van der Waals surface area contributed by atoms with E-state index in [0.717, 1.165) is 0 Å². The molecular weight excluding hydrogens is 442 g/mol. The number of benzene rings is 3. The van der Waals surface area contributed by atoms with Gasteiger partial charge in [0, 0.05) is 5.02 Å². The van der Waals surface area contributed by atoms with E-state index in [-0.39, 0.29) is 11.5 Å². The minimum atomic E-state index is -3.79. The van der Waals surface area contributed by atoms with Crippen LogP contribution in [-0.2, 0) is 26.2 Å². The van der Waals surface area contributed by atoms with E-state index in [1.165, 1.54) is 12.1 Å². The molecule has 3 aromatic carbocycles. The Hall–Kier alpha value is -3.20. The summed E-state index contributed by atoms with van der Waals surface area (Å²) in [6.07, 6.45) is 0. The van der Waals surface area contributed by atoms with Crippen molar-refractivity contribution in [1.29, 1.82) is 0 Å². The van der Waals surface area contributed by atoms with Crippen molar-refractivity contribution in [2.24, 2.45) is 0 Å². The van der Waals surface area contributed by atoms with Crippen molar-refractivity contribution >= 4 is 33.6 Å². The van der Waals surface area contributed by atoms with Gasteiger partial charge in [0.25, 0.3) is 0 Å². The number of sulfonamides is 1. The molecule has 0 spiro atoms. The molecule has 160 valence electrons. The molecular formula is C22H18ClNO6S. The van der Waals surface area contributed by atoms with E-state index in [1.807, 2.05) is 0 Å². The van der Waals surface area contributed by atoms with E-state index in [4.69, 9.17) is 21.1 Å². The van der Waals surface area contributed by atoms with Gasteiger partial charge in [-0.3, -0.25) is 4.79 Å². The van der Waals surface area contributed by atoms with Gasteiger partial charge < -0.3 is 9.47 Å². The lowest BCUT2D eigenvalue weighted by Gasteiger charge is -2.08. The van der Waals surface area contributed by atoms with Gasteiger partial charge in [-0.15, -0.1) is 0 Å². The van der Waals surface area contributed by atoms with Crippen molar-refractivity contribution in [3.05, 3.63) is 95.0 Å². The maximum absolute atomic E-state index is 12.2. The van der Waals surface area contributed by atoms with Crippen LogP contribution in [0.5, 0.6) is 5.75 Å². The highest BCUT2D eigenvalue weighted by atomic mass is 35.5. The summed E-state index contributed by atoms with van der Waals surface area (Å²) in [4.78, 5) is 24.1. The van der Waals surface area contributed by atoms with Crippen molar-refractivity contribution in [3.63, 3.8) is 0 Å². The molecule has 0 heterocycles. The first-order valence-electron chi connectivity index (χ1n) is 9.10. The summed E-state index contributed by atoms with van der Waals surface area (Å²) in [6.45, 7) is -0.568. The number of halogens is 1. The summed E-state index contributed by atoms with van der Waals surface area (Å²) >= 11 is 5.79. The smallest absolute Gasteiger partial charge is 0.343 e. The lowest BCUT2D eigenvalue weighted by Crippen LogP contribution is -2.30. The summed E-state index contributed by atoms with van der Waals surface area (Å²) in [5, 5.41) is 0.534. The number of hydrogen-bond acceptors (Lipinski definition) is 6. The Kier molecular flexibility index (Phi) is 7.41. The Labute approximate surface area is 184 Å². The largest absolute Gasteiger partial charge is 0.460 e. The van der Waals surface area contributed by atoms with Gasteiger partial charge in [0.15, 0.2) is 0 Å². The third-order valence-corrected chi connectivity index (χ3v) is 5.74. The van der Waals surface area contributed by atoms with Crippen LogP contribution in [-0.4, -0.2) is 26.9 Å². The third-order valence-electron chi connectivity index (χ3n) is 4.07. The second-order valence-electron chi connectivity index (χ2n) is 6.34. The fourth-order valence-electron chi connectivity index (χ4n) is 2.46. The highest BCUT2D eigenvalue weighted by molar-refractivity contribution is 7.89. The Morgan fingerprint density at radius 3 is 2.16 bits per heavy atom. The monoisotopic (exact) mass is 459 g/mol. The number of hydrogen-bond donors (Lipinski definition) is 1. The zero-order valence-corrected chi connectivity index (χ0v) is 17.7. The number of carbonyl (C=O) groups is 2. The topological polar surface area (TPSA) is 98.8 Å². The molecule has 0 aliphatic carbocycles. The van der Waals surface area contributed by atoms with Crippen LogP contribution in [0.3, 0.4) is 0 Å². The second kappa shape index (κ2) is 10.2. The SMILES string of the molecule is O=C(CNS(=O)(=O)c1ccccc1)OCc1ccc(C(=O)Oc2ccc(Cl)cc2)cc1. The number of esters is 2. The van der Waals surface area contributed by atoms with Gasteiger partial charge in [0.1, 0.15) is 18.9 Å². The zero-order chi connectivity index (χ0) is 22.3. The van der Waals surface area contributed by atoms with E-state index >= 15 is 0 Å². The molecule has 0 aliphatic rings. The predicted molar refractivity (Wildman–Crippen MR) is 114 cm³/mol. The normalized spacial score (nSPS) is 11.0. The molecule has 0 bridgehead atoms. The van der Waals surface area contributed by atoms with Crippen LogP contribution < -0.4 is 9.46 Å². The highest BCUT2D eigenvalue weighted by Gasteiger charge is 2.15. The van der Waals surface area contributed by atoms with Crippen molar-refractivity contribution in [2.45, 2.75) is 11.5 Å². The molecule has 0 radical (unpaired) electrons. The molecule has 3 rings (SSSR count). The maximum atomic E-state index is 12.2. The fourth-order valence-corrected chi connectivity index (χ4v) is 3.57. The first-order valence-corrected chi connectivity index (χ1v) is 11.0. The number of rotatable bonds is 8. The molecule has 3 aromatic rings. The van der Waals surface area contributed by atoms with Gasteiger partial charge in [0.2, 0.25) is 10.0 Å². The van der Waals surface area contributed by atoms with Gasteiger partial charge in [-0.1, -0.05) is 41.9 Å². The van der Waals surface area contributed by atoms with Crippen LogP contribution in [0.25, 0.3) is 0 Å². The number of carbonyl (C=O) groups excluding carboxylic acids is 2. The summed E-state index contributed by atoms with van der Waals surface area (Å²) < 4.78 is 36.7.